The van der Waals surface area contributed by atoms with Crippen molar-refractivity contribution in [1.82, 2.24) is 0 Å². The van der Waals surface area contributed by atoms with Crippen LogP contribution in [0.5, 0.6) is 0 Å². The number of sulfone groups is 1. The molecule has 0 spiro atoms. The minimum absolute atomic E-state index is 0.228. The molecule has 142 valence electrons. The summed E-state index contributed by atoms with van der Waals surface area (Å²) in [5.41, 5.74) is 1.89. The summed E-state index contributed by atoms with van der Waals surface area (Å²) < 4.78 is 48.7. The predicted octanol–water partition coefficient (Wildman–Crippen LogP) is 3.15. The number of aryl methyl sites for hydroxylation is 1. The minimum Gasteiger partial charge on any atom is -0.270 e. The molecule has 1 heterocycles. The monoisotopic (exact) mass is 387 g/mol. The molecule has 0 amide bonds. The van der Waals surface area contributed by atoms with E-state index >= 15 is 0 Å². The first-order valence-electron chi connectivity index (χ1n) is 8.85. The van der Waals surface area contributed by atoms with Crippen molar-refractivity contribution >= 4 is 25.5 Å². The number of anilines is 1. The molecule has 1 saturated heterocycles. The Morgan fingerprint density at radius 1 is 1.04 bits per heavy atom. The zero-order valence-corrected chi connectivity index (χ0v) is 17.0. The van der Waals surface area contributed by atoms with Crippen LogP contribution in [0.25, 0.3) is 0 Å². The van der Waals surface area contributed by atoms with E-state index in [-0.39, 0.29) is 11.5 Å². The van der Waals surface area contributed by atoms with E-state index < -0.39 is 24.6 Å². The maximum atomic E-state index is 12.0. The number of nitrogens with zero attached hydrogens (tertiary/aromatic N) is 1. The van der Waals surface area contributed by atoms with Gasteiger partial charge in [-0.2, -0.15) is 0 Å². The SMILES string of the molecule is CC(C)(C)S(=O)(=O)CCCCCc1ccc(N2CCCS2(=O)=O)cc1. The highest BCUT2D eigenvalue weighted by atomic mass is 32.2. The van der Waals surface area contributed by atoms with E-state index in [1.54, 1.807) is 20.8 Å². The van der Waals surface area contributed by atoms with E-state index in [0.717, 1.165) is 30.5 Å². The Bertz CT molecular complexity index is 775. The molecule has 0 aliphatic carbocycles. The first-order valence-corrected chi connectivity index (χ1v) is 12.1. The van der Waals surface area contributed by atoms with Crippen molar-refractivity contribution in [1.29, 1.82) is 0 Å². The highest BCUT2D eigenvalue weighted by molar-refractivity contribution is 7.93. The van der Waals surface area contributed by atoms with Crippen LogP contribution in [-0.2, 0) is 26.3 Å². The number of hydrogen-bond acceptors (Lipinski definition) is 4. The van der Waals surface area contributed by atoms with E-state index in [9.17, 15) is 16.8 Å². The van der Waals surface area contributed by atoms with Crippen molar-refractivity contribution in [3.05, 3.63) is 29.8 Å². The molecule has 0 radical (unpaired) electrons. The normalized spacial score (nSPS) is 17.8. The van der Waals surface area contributed by atoms with Crippen LogP contribution >= 0.6 is 0 Å². The third-order valence-electron chi connectivity index (χ3n) is 4.64. The summed E-state index contributed by atoms with van der Waals surface area (Å²) in [5.74, 6) is 0.467. The minimum atomic E-state index is -3.13. The van der Waals surface area contributed by atoms with Crippen LogP contribution in [0.15, 0.2) is 24.3 Å². The summed E-state index contributed by atoms with van der Waals surface area (Å²) in [6.07, 6.45) is 4.05. The Morgan fingerprint density at radius 2 is 1.68 bits per heavy atom. The molecule has 1 aromatic rings. The quantitative estimate of drug-likeness (QED) is 0.674. The topological polar surface area (TPSA) is 71.5 Å². The van der Waals surface area contributed by atoms with Gasteiger partial charge in [-0.3, -0.25) is 4.31 Å². The average Bonchev–Trinajstić information content (AvgIpc) is 2.86. The Hall–Kier alpha value is -1.08. The maximum absolute atomic E-state index is 12.0. The van der Waals surface area contributed by atoms with Crippen LogP contribution in [-0.4, -0.2) is 39.6 Å². The molecule has 0 aromatic heterocycles. The predicted molar refractivity (Wildman–Crippen MR) is 103 cm³/mol. The fourth-order valence-corrected chi connectivity index (χ4v) is 5.62. The lowest BCUT2D eigenvalue weighted by Crippen LogP contribution is -2.30. The number of unbranched alkanes of at least 4 members (excludes halogenated alkanes) is 2. The van der Waals surface area contributed by atoms with Gasteiger partial charge in [-0.1, -0.05) is 18.6 Å². The van der Waals surface area contributed by atoms with Gasteiger partial charge in [0.2, 0.25) is 10.0 Å². The van der Waals surface area contributed by atoms with Crippen LogP contribution in [0.4, 0.5) is 5.69 Å². The first kappa shape index (κ1) is 20.2. The van der Waals surface area contributed by atoms with Gasteiger partial charge in [-0.25, -0.2) is 16.8 Å². The Kier molecular flexibility index (Phi) is 6.20. The first-order chi connectivity index (χ1) is 11.5. The molecule has 0 saturated carbocycles. The van der Waals surface area contributed by atoms with Crippen LogP contribution in [0.2, 0.25) is 0 Å². The van der Waals surface area contributed by atoms with Gasteiger partial charge in [-0.15, -0.1) is 0 Å². The molecule has 1 aliphatic rings. The van der Waals surface area contributed by atoms with Gasteiger partial charge in [0.05, 0.1) is 21.9 Å². The van der Waals surface area contributed by atoms with Gasteiger partial charge < -0.3 is 0 Å². The van der Waals surface area contributed by atoms with Crippen LogP contribution in [0.1, 0.15) is 52.0 Å². The molecule has 0 bridgehead atoms. The highest BCUT2D eigenvalue weighted by Crippen LogP contribution is 2.24. The molecule has 2 rings (SSSR count). The second-order valence-corrected chi connectivity index (χ2v) is 12.5. The van der Waals surface area contributed by atoms with Gasteiger partial charge in [-0.05, 0) is 64.2 Å². The largest absolute Gasteiger partial charge is 0.270 e. The second kappa shape index (κ2) is 7.66. The molecular formula is C18H29NO4S2. The standard InChI is InChI=1S/C18H29NO4S2/c1-18(2,3)24(20,21)14-6-4-5-8-16-9-11-17(12-10-16)19-13-7-15-25(19,22)23/h9-12H,4-8,13-15H2,1-3H3. The molecule has 1 aromatic carbocycles. The van der Waals surface area contributed by atoms with E-state index in [4.69, 9.17) is 0 Å². The van der Waals surface area contributed by atoms with Crippen molar-refractivity contribution < 1.29 is 16.8 Å². The lowest BCUT2D eigenvalue weighted by atomic mass is 10.1. The van der Waals surface area contributed by atoms with Crippen LogP contribution < -0.4 is 4.31 Å². The maximum Gasteiger partial charge on any atom is 0.235 e. The fourth-order valence-electron chi connectivity index (χ4n) is 2.86. The van der Waals surface area contributed by atoms with Gasteiger partial charge >= 0.3 is 0 Å². The molecule has 25 heavy (non-hydrogen) atoms. The Labute approximate surface area is 152 Å². The van der Waals surface area contributed by atoms with Crippen molar-refractivity contribution in [2.45, 2.75) is 57.6 Å². The third kappa shape index (κ3) is 5.20. The van der Waals surface area contributed by atoms with Crippen molar-refractivity contribution in [3.63, 3.8) is 0 Å². The van der Waals surface area contributed by atoms with Gasteiger partial charge in [0.25, 0.3) is 0 Å². The number of benzene rings is 1. The summed E-state index contributed by atoms with van der Waals surface area (Å²) in [5, 5.41) is 0. The van der Waals surface area contributed by atoms with E-state index in [2.05, 4.69) is 0 Å². The number of sulfonamides is 1. The van der Waals surface area contributed by atoms with E-state index in [1.807, 2.05) is 24.3 Å². The van der Waals surface area contributed by atoms with Crippen LogP contribution in [0, 0.1) is 0 Å². The summed E-state index contributed by atoms with van der Waals surface area (Å²) in [6, 6.07) is 7.66. The van der Waals surface area contributed by atoms with Crippen LogP contribution in [0.3, 0.4) is 0 Å². The molecule has 5 nitrogen and oxygen atoms in total. The zero-order valence-electron chi connectivity index (χ0n) is 15.4. The zero-order chi connectivity index (χ0) is 18.7. The molecule has 1 aliphatic heterocycles. The molecule has 0 atom stereocenters. The van der Waals surface area contributed by atoms with Crippen molar-refractivity contribution in [2.75, 3.05) is 22.4 Å². The average molecular weight is 388 g/mol. The Morgan fingerprint density at radius 3 is 2.20 bits per heavy atom. The fraction of sp³-hybridized carbons (Fsp3) is 0.667. The third-order valence-corrected chi connectivity index (χ3v) is 9.20. The molecular weight excluding hydrogens is 358 g/mol. The van der Waals surface area contributed by atoms with Gasteiger partial charge in [0.1, 0.15) is 0 Å². The lowest BCUT2D eigenvalue weighted by molar-refractivity contribution is 0.555. The second-order valence-electron chi connectivity index (χ2n) is 7.65. The molecule has 0 N–H and O–H groups in total. The summed E-state index contributed by atoms with van der Waals surface area (Å²) in [4.78, 5) is 0. The summed E-state index contributed by atoms with van der Waals surface area (Å²) >= 11 is 0. The van der Waals surface area contributed by atoms with Crippen molar-refractivity contribution in [2.24, 2.45) is 0 Å². The molecule has 0 unspecified atom stereocenters. The smallest absolute Gasteiger partial charge is 0.235 e. The highest BCUT2D eigenvalue weighted by Gasteiger charge is 2.28. The molecule has 1 fully saturated rings. The van der Waals surface area contributed by atoms with E-state index in [0.29, 0.717) is 19.4 Å². The Balaban J connectivity index is 1.79. The lowest BCUT2D eigenvalue weighted by Gasteiger charge is -2.19. The summed E-state index contributed by atoms with van der Waals surface area (Å²) in [7, 11) is -6.16. The van der Waals surface area contributed by atoms with Crippen molar-refractivity contribution in [3.8, 4) is 0 Å². The molecule has 7 heteroatoms. The number of hydrogen-bond donors (Lipinski definition) is 0. The summed E-state index contributed by atoms with van der Waals surface area (Å²) in [6.45, 7) is 5.78. The van der Waals surface area contributed by atoms with Gasteiger partial charge in [0, 0.05) is 6.54 Å². The van der Waals surface area contributed by atoms with Gasteiger partial charge in [0.15, 0.2) is 9.84 Å². The van der Waals surface area contributed by atoms with E-state index in [1.165, 1.54) is 4.31 Å². The number of rotatable bonds is 7.